The van der Waals surface area contributed by atoms with Gasteiger partial charge in [0.05, 0.1) is 6.04 Å². The number of nitrogens with zero attached hydrogens (tertiary/aromatic N) is 3. The third kappa shape index (κ3) is 3.37. The molecule has 102 valence electrons. The Morgan fingerprint density at radius 3 is 2.33 bits per heavy atom. The number of hydrogen-bond acceptors (Lipinski definition) is 4. The maximum Gasteiger partial charge on any atom is 0.244 e. The molecule has 1 aromatic heterocycles. The Labute approximate surface area is 109 Å². The largest absolute Gasteiger partial charge is 0.368 e. The Hall–Kier alpha value is -1.26. The van der Waals surface area contributed by atoms with E-state index in [9.17, 15) is 0 Å². The zero-order valence-electron chi connectivity index (χ0n) is 11.7. The van der Waals surface area contributed by atoms with Crippen LogP contribution >= 0.6 is 0 Å². The minimum atomic E-state index is -0.0396. The zero-order chi connectivity index (χ0) is 13.2. The first kappa shape index (κ1) is 13.2. The van der Waals surface area contributed by atoms with Crippen LogP contribution in [-0.4, -0.2) is 20.3 Å². The van der Waals surface area contributed by atoms with E-state index in [0.717, 1.165) is 0 Å². The smallest absolute Gasteiger partial charge is 0.244 e. The van der Waals surface area contributed by atoms with E-state index in [1.807, 2.05) is 4.68 Å². The van der Waals surface area contributed by atoms with Gasteiger partial charge in [-0.3, -0.25) is 0 Å². The van der Waals surface area contributed by atoms with Crippen LogP contribution in [-0.2, 0) is 0 Å². The minimum absolute atomic E-state index is 0.0396. The first-order valence-corrected chi connectivity index (χ1v) is 6.96. The van der Waals surface area contributed by atoms with Crippen LogP contribution in [0.4, 0.5) is 11.9 Å². The van der Waals surface area contributed by atoms with Crippen molar-refractivity contribution in [3.63, 3.8) is 0 Å². The SMILES string of the molecule is CC(C)(C)Nc1nc(N)n(C2CCCCCC2)n1. The Kier molecular flexibility index (Phi) is 3.78. The van der Waals surface area contributed by atoms with Crippen molar-refractivity contribution in [1.82, 2.24) is 14.8 Å². The maximum absolute atomic E-state index is 5.99. The van der Waals surface area contributed by atoms with E-state index in [-0.39, 0.29) is 5.54 Å². The van der Waals surface area contributed by atoms with Crippen molar-refractivity contribution in [3.8, 4) is 0 Å². The second-order valence-electron chi connectivity index (χ2n) is 6.26. The molecule has 0 spiro atoms. The van der Waals surface area contributed by atoms with Gasteiger partial charge >= 0.3 is 0 Å². The van der Waals surface area contributed by atoms with Crippen LogP contribution in [0.3, 0.4) is 0 Å². The third-order valence-electron chi connectivity index (χ3n) is 3.32. The molecule has 2 rings (SSSR count). The molecule has 0 aromatic carbocycles. The summed E-state index contributed by atoms with van der Waals surface area (Å²) in [6, 6.07) is 0.426. The van der Waals surface area contributed by atoms with Crippen LogP contribution in [0.5, 0.6) is 0 Å². The molecule has 1 aliphatic rings. The summed E-state index contributed by atoms with van der Waals surface area (Å²) >= 11 is 0. The van der Waals surface area contributed by atoms with Gasteiger partial charge in [-0.25, -0.2) is 4.68 Å². The minimum Gasteiger partial charge on any atom is -0.368 e. The normalized spacial score (nSPS) is 18.6. The van der Waals surface area contributed by atoms with E-state index in [2.05, 4.69) is 36.2 Å². The average Bonchev–Trinajstić information content (AvgIpc) is 2.51. The number of nitrogens with two attached hydrogens (primary N) is 1. The van der Waals surface area contributed by atoms with Crippen LogP contribution in [0, 0.1) is 0 Å². The molecule has 3 N–H and O–H groups in total. The molecule has 0 saturated heterocycles. The summed E-state index contributed by atoms with van der Waals surface area (Å²) in [6.45, 7) is 6.28. The summed E-state index contributed by atoms with van der Waals surface area (Å²) in [5, 5.41) is 7.80. The molecule has 1 aliphatic carbocycles. The van der Waals surface area contributed by atoms with Crippen molar-refractivity contribution in [2.45, 2.75) is 70.9 Å². The topological polar surface area (TPSA) is 68.8 Å². The molecule has 1 aromatic rings. The molecule has 0 radical (unpaired) electrons. The van der Waals surface area contributed by atoms with Gasteiger partial charge in [0.1, 0.15) is 0 Å². The molecule has 1 heterocycles. The van der Waals surface area contributed by atoms with E-state index >= 15 is 0 Å². The standard InChI is InChI=1S/C13H25N5/c1-13(2,3)16-12-15-11(14)18(17-12)10-8-6-4-5-7-9-10/h10H,4-9H2,1-3H3,(H3,14,15,16,17). The fraction of sp³-hybridized carbons (Fsp3) is 0.846. The molecular formula is C13H25N5. The summed E-state index contributed by atoms with van der Waals surface area (Å²) in [5.41, 5.74) is 5.95. The van der Waals surface area contributed by atoms with E-state index in [1.165, 1.54) is 38.5 Å². The number of anilines is 2. The second-order valence-corrected chi connectivity index (χ2v) is 6.26. The van der Waals surface area contributed by atoms with Crippen molar-refractivity contribution < 1.29 is 0 Å². The Morgan fingerprint density at radius 1 is 1.17 bits per heavy atom. The molecule has 5 heteroatoms. The highest BCUT2D eigenvalue weighted by Crippen LogP contribution is 2.28. The summed E-state index contributed by atoms with van der Waals surface area (Å²) < 4.78 is 1.92. The molecule has 18 heavy (non-hydrogen) atoms. The van der Waals surface area contributed by atoms with Crippen molar-refractivity contribution >= 4 is 11.9 Å². The number of nitrogen functional groups attached to an aromatic ring is 1. The number of hydrogen-bond donors (Lipinski definition) is 2. The van der Waals surface area contributed by atoms with Gasteiger partial charge in [0, 0.05) is 5.54 Å². The summed E-state index contributed by atoms with van der Waals surface area (Å²) in [7, 11) is 0. The molecular weight excluding hydrogens is 226 g/mol. The number of rotatable bonds is 2. The van der Waals surface area contributed by atoms with Crippen LogP contribution in [0.1, 0.15) is 65.3 Å². The van der Waals surface area contributed by atoms with E-state index in [4.69, 9.17) is 5.73 Å². The molecule has 0 unspecified atom stereocenters. The van der Waals surface area contributed by atoms with Crippen LogP contribution in [0.2, 0.25) is 0 Å². The van der Waals surface area contributed by atoms with Crippen molar-refractivity contribution in [1.29, 1.82) is 0 Å². The second kappa shape index (κ2) is 5.16. The quantitative estimate of drug-likeness (QED) is 0.793. The monoisotopic (exact) mass is 251 g/mol. The molecule has 0 atom stereocenters. The molecule has 1 saturated carbocycles. The van der Waals surface area contributed by atoms with Crippen molar-refractivity contribution in [2.75, 3.05) is 11.1 Å². The van der Waals surface area contributed by atoms with Gasteiger partial charge in [-0.1, -0.05) is 25.7 Å². The van der Waals surface area contributed by atoms with Gasteiger partial charge in [0.25, 0.3) is 0 Å². The summed E-state index contributed by atoms with van der Waals surface area (Å²) in [5.74, 6) is 1.18. The van der Waals surface area contributed by atoms with Gasteiger partial charge in [-0.15, -0.1) is 5.10 Å². The first-order chi connectivity index (χ1) is 8.46. The lowest BCUT2D eigenvalue weighted by molar-refractivity contribution is 0.410. The first-order valence-electron chi connectivity index (χ1n) is 6.96. The zero-order valence-corrected chi connectivity index (χ0v) is 11.7. The van der Waals surface area contributed by atoms with Crippen LogP contribution in [0.15, 0.2) is 0 Å². The van der Waals surface area contributed by atoms with Gasteiger partial charge < -0.3 is 11.1 Å². The Morgan fingerprint density at radius 2 is 1.78 bits per heavy atom. The number of aromatic nitrogens is 3. The highest BCUT2D eigenvalue weighted by molar-refractivity contribution is 5.34. The Balaban J connectivity index is 2.12. The number of nitrogens with one attached hydrogen (secondary N) is 1. The molecule has 5 nitrogen and oxygen atoms in total. The predicted molar refractivity (Wildman–Crippen MR) is 74.5 cm³/mol. The van der Waals surface area contributed by atoms with E-state index < -0.39 is 0 Å². The van der Waals surface area contributed by atoms with E-state index in [1.54, 1.807) is 0 Å². The Bertz CT molecular complexity index is 383. The third-order valence-corrected chi connectivity index (χ3v) is 3.32. The molecule has 0 aliphatic heterocycles. The van der Waals surface area contributed by atoms with Crippen LogP contribution in [0.25, 0.3) is 0 Å². The van der Waals surface area contributed by atoms with Gasteiger partial charge in [0.15, 0.2) is 0 Å². The van der Waals surface area contributed by atoms with Gasteiger partial charge in [-0.05, 0) is 33.6 Å². The molecule has 0 amide bonds. The highest BCUT2D eigenvalue weighted by Gasteiger charge is 2.20. The fourth-order valence-electron chi connectivity index (χ4n) is 2.49. The average molecular weight is 251 g/mol. The molecule has 0 bridgehead atoms. The van der Waals surface area contributed by atoms with E-state index in [0.29, 0.717) is 17.9 Å². The lowest BCUT2D eigenvalue weighted by Crippen LogP contribution is -2.27. The summed E-state index contributed by atoms with van der Waals surface area (Å²) in [4.78, 5) is 4.32. The van der Waals surface area contributed by atoms with Crippen molar-refractivity contribution in [2.24, 2.45) is 0 Å². The van der Waals surface area contributed by atoms with Crippen molar-refractivity contribution in [3.05, 3.63) is 0 Å². The van der Waals surface area contributed by atoms with Crippen LogP contribution < -0.4 is 11.1 Å². The van der Waals surface area contributed by atoms with Gasteiger partial charge in [-0.2, -0.15) is 4.98 Å². The maximum atomic E-state index is 5.99. The molecule has 1 fully saturated rings. The van der Waals surface area contributed by atoms with Gasteiger partial charge in [0.2, 0.25) is 11.9 Å². The lowest BCUT2D eigenvalue weighted by atomic mass is 10.1. The fourth-order valence-corrected chi connectivity index (χ4v) is 2.49. The predicted octanol–water partition coefficient (Wildman–Crippen LogP) is 2.97. The summed E-state index contributed by atoms with van der Waals surface area (Å²) in [6.07, 6.45) is 7.54. The highest BCUT2D eigenvalue weighted by atomic mass is 15.4. The lowest BCUT2D eigenvalue weighted by Gasteiger charge is -2.19.